The zero-order valence-corrected chi connectivity index (χ0v) is 13.7. The molecule has 2 N–H and O–H groups in total. The van der Waals surface area contributed by atoms with Crippen LogP contribution in [0.2, 0.25) is 5.02 Å². The molecular weight excluding hydrogens is 268 g/mol. The summed E-state index contributed by atoms with van der Waals surface area (Å²) in [5.41, 5.74) is 8.46. The van der Waals surface area contributed by atoms with E-state index in [-0.39, 0.29) is 6.04 Å². The zero-order valence-electron chi connectivity index (χ0n) is 12.9. The SMILES string of the molecule is CCC(N)Cc1ccc(N(CC(C)C)C2CC2)c(Cl)c1. The van der Waals surface area contributed by atoms with Crippen LogP contribution in [-0.2, 0) is 6.42 Å². The monoisotopic (exact) mass is 294 g/mol. The molecule has 20 heavy (non-hydrogen) atoms. The maximum absolute atomic E-state index is 6.52. The molecule has 112 valence electrons. The van der Waals surface area contributed by atoms with Gasteiger partial charge in [0.25, 0.3) is 0 Å². The van der Waals surface area contributed by atoms with Crippen LogP contribution in [0.25, 0.3) is 0 Å². The van der Waals surface area contributed by atoms with Crippen molar-refractivity contribution >= 4 is 17.3 Å². The molecule has 0 saturated heterocycles. The molecule has 1 saturated carbocycles. The van der Waals surface area contributed by atoms with E-state index < -0.39 is 0 Å². The molecule has 0 heterocycles. The molecule has 1 aliphatic rings. The molecule has 2 rings (SSSR count). The van der Waals surface area contributed by atoms with Crippen LogP contribution in [0.5, 0.6) is 0 Å². The Morgan fingerprint density at radius 1 is 1.35 bits per heavy atom. The van der Waals surface area contributed by atoms with E-state index in [9.17, 15) is 0 Å². The van der Waals surface area contributed by atoms with Crippen molar-refractivity contribution in [3.8, 4) is 0 Å². The Morgan fingerprint density at radius 2 is 2.05 bits per heavy atom. The predicted octanol–water partition coefficient (Wildman–Crippen LogP) is 4.24. The van der Waals surface area contributed by atoms with Crippen LogP contribution in [0.1, 0.15) is 45.6 Å². The highest BCUT2D eigenvalue weighted by Gasteiger charge is 2.30. The van der Waals surface area contributed by atoms with E-state index in [1.54, 1.807) is 0 Å². The van der Waals surface area contributed by atoms with Crippen molar-refractivity contribution in [1.82, 2.24) is 0 Å². The Morgan fingerprint density at radius 3 is 2.55 bits per heavy atom. The van der Waals surface area contributed by atoms with E-state index in [1.165, 1.54) is 24.1 Å². The molecular formula is C17H27ClN2. The summed E-state index contributed by atoms with van der Waals surface area (Å²) in [5, 5.41) is 0.873. The number of nitrogens with two attached hydrogens (primary N) is 1. The van der Waals surface area contributed by atoms with Crippen molar-refractivity contribution in [3.05, 3.63) is 28.8 Å². The van der Waals surface area contributed by atoms with Gasteiger partial charge in [-0.2, -0.15) is 0 Å². The number of anilines is 1. The summed E-state index contributed by atoms with van der Waals surface area (Å²) in [6, 6.07) is 7.39. The second-order valence-electron chi connectivity index (χ2n) is 6.44. The van der Waals surface area contributed by atoms with Gasteiger partial charge in [0.2, 0.25) is 0 Å². The van der Waals surface area contributed by atoms with Gasteiger partial charge < -0.3 is 10.6 Å². The summed E-state index contributed by atoms with van der Waals surface area (Å²) < 4.78 is 0. The summed E-state index contributed by atoms with van der Waals surface area (Å²) in [6.07, 6.45) is 4.50. The van der Waals surface area contributed by atoms with E-state index in [4.69, 9.17) is 17.3 Å². The van der Waals surface area contributed by atoms with E-state index >= 15 is 0 Å². The number of hydrogen-bond acceptors (Lipinski definition) is 2. The lowest BCUT2D eigenvalue weighted by atomic mass is 10.0. The largest absolute Gasteiger partial charge is 0.367 e. The van der Waals surface area contributed by atoms with Gasteiger partial charge in [-0.3, -0.25) is 0 Å². The van der Waals surface area contributed by atoms with Crippen LogP contribution in [0, 0.1) is 5.92 Å². The molecule has 1 aromatic rings. The number of hydrogen-bond donors (Lipinski definition) is 1. The second-order valence-corrected chi connectivity index (χ2v) is 6.84. The van der Waals surface area contributed by atoms with E-state index in [1.807, 2.05) is 0 Å². The summed E-state index contributed by atoms with van der Waals surface area (Å²) in [7, 11) is 0. The number of halogens is 1. The maximum Gasteiger partial charge on any atom is 0.0642 e. The average Bonchev–Trinajstić information content (AvgIpc) is 3.20. The molecule has 0 bridgehead atoms. The van der Waals surface area contributed by atoms with Gasteiger partial charge in [0, 0.05) is 18.6 Å². The number of nitrogens with zero attached hydrogens (tertiary/aromatic N) is 1. The third-order valence-corrected chi connectivity index (χ3v) is 4.20. The van der Waals surface area contributed by atoms with E-state index in [0.29, 0.717) is 12.0 Å². The first kappa shape index (κ1) is 15.7. The summed E-state index contributed by atoms with van der Waals surface area (Å²) >= 11 is 6.52. The summed E-state index contributed by atoms with van der Waals surface area (Å²) in [5.74, 6) is 0.653. The molecule has 0 aromatic heterocycles. The van der Waals surface area contributed by atoms with Crippen LogP contribution < -0.4 is 10.6 Å². The first-order valence-corrected chi connectivity index (χ1v) is 8.19. The lowest BCUT2D eigenvalue weighted by Crippen LogP contribution is -2.30. The minimum atomic E-state index is 0.229. The highest BCUT2D eigenvalue weighted by Crippen LogP contribution is 2.36. The van der Waals surface area contributed by atoms with Crippen LogP contribution in [0.15, 0.2) is 18.2 Å². The molecule has 3 heteroatoms. The molecule has 2 nitrogen and oxygen atoms in total. The van der Waals surface area contributed by atoms with Crippen LogP contribution in [0.3, 0.4) is 0 Å². The number of benzene rings is 1. The minimum Gasteiger partial charge on any atom is -0.367 e. The molecule has 1 aliphatic carbocycles. The van der Waals surface area contributed by atoms with Crippen LogP contribution in [-0.4, -0.2) is 18.6 Å². The fraction of sp³-hybridized carbons (Fsp3) is 0.647. The third kappa shape index (κ3) is 4.13. The third-order valence-electron chi connectivity index (χ3n) is 3.89. The molecule has 0 aliphatic heterocycles. The average molecular weight is 295 g/mol. The lowest BCUT2D eigenvalue weighted by Gasteiger charge is -2.28. The van der Waals surface area contributed by atoms with Crippen molar-refractivity contribution in [2.45, 2.75) is 58.5 Å². The highest BCUT2D eigenvalue weighted by molar-refractivity contribution is 6.33. The molecule has 0 radical (unpaired) electrons. The maximum atomic E-state index is 6.52. The van der Waals surface area contributed by atoms with Crippen molar-refractivity contribution in [2.24, 2.45) is 11.7 Å². The Kier molecular flexibility index (Phi) is 5.34. The van der Waals surface area contributed by atoms with Gasteiger partial charge in [-0.15, -0.1) is 0 Å². The molecule has 1 atom stereocenters. The lowest BCUT2D eigenvalue weighted by molar-refractivity contribution is 0.607. The quantitative estimate of drug-likeness (QED) is 0.815. The van der Waals surface area contributed by atoms with E-state index in [2.05, 4.69) is 43.9 Å². The Hall–Kier alpha value is -0.730. The molecule has 0 spiro atoms. The minimum absolute atomic E-state index is 0.229. The molecule has 1 fully saturated rings. The van der Waals surface area contributed by atoms with Gasteiger partial charge in [-0.25, -0.2) is 0 Å². The predicted molar refractivity (Wildman–Crippen MR) is 88.6 cm³/mol. The fourth-order valence-corrected chi connectivity index (χ4v) is 2.89. The fourth-order valence-electron chi connectivity index (χ4n) is 2.58. The van der Waals surface area contributed by atoms with Gasteiger partial charge in [0.05, 0.1) is 10.7 Å². The van der Waals surface area contributed by atoms with Gasteiger partial charge in [-0.1, -0.05) is 38.4 Å². The first-order valence-electron chi connectivity index (χ1n) is 7.81. The topological polar surface area (TPSA) is 29.3 Å². The van der Waals surface area contributed by atoms with Crippen LogP contribution >= 0.6 is 11.6 Å². The smallest absolute Gasteiger partial charge is 0.0642 e. The van der Waals surface area contributed by atoms with E-state index in [0.717, 1.165) is 24.4 Å². The molecule has 0 amide bonds. The Labute approximate surface area is 128 Å². The van der Waals surface area contributed by atoms with Crippen molar-refractivity contribution in [3.63, 3.8) is 0 Å². The summed E-state index contributed by atoms with van der Waals surface area (Å²) in [4.78, 5) is 2.48. The highest BCUT2D eigenvalue weighted by atomic mass is 35.5. The first-order chi connectivity index (χ1) is 9.51. The van der Waals surface area contributed by atoms with Crippen molar-refractivity contribution in [1.29, 1.82) is 0 Å². The molecule has 1 unspecified atom stereocenters. The van der Waals surface area contributed by atoms with Gasteiger partial charge in [0.1, 0.15) is 0 Å². The van der Waals surface area contributed by atoms with Gasteiger partial charge in [-0.05, 0) is 49.3 Å². The standard InChI is InChI=1S/C17H27ClN2/c1-4-14(19)9-13-5-8-17(16(18)10-13)20(11-12(2)3)15-6-7-15/h5,8,10,12,14-15H,4,6-7,9,11,19H2,1-3H3. The summed E-state index contributed by atoms with van der Waals surface area (Å²) in [6.45, 7) is 7.73. The zero-order chi connectivity index (χ0) is 14.7. The Balaban J connectivity index is 2.14. The Bertz CT molecular complexity index is 441. The van der Waals surface area contributed by atoms with Crippen molar-refractivity contribution < 1.29 is 0 Å². The van der Waals surface area contributed by atoms with Gasteiger partial charge >= 0.3 is 0 Å². The second kappa shape index (κ2) is 6.82. The van der Waals surface area contributed by atoms with Crippen molar-refractivity contribution in [2.75, 3.05) is 11.4 Å². The van der Waals surface area contributed by atoms with Gasteiger partial charge in [0.15, 0.2) is 0 Å². The number of rotatable bonds is 7. The normalized spacial score (nSPS) is 16.5. The van der Waals surface area contributed by atoms with Crippen LogP contribution in [0.4, 0.5) is 5.69 Å². The molecule has 1 aromatic carbocycles.